The van der Waals surface area contributed by atoms with E-state index in [2.05, 4.69) is 18.7 Å². The first kappa shape index (κ1) is 19.9. The minimum absolute atomic E-state index is 0.0941. The van der Waals surface area contributed by atoms with Crippen LogP contribution < -0.4 is 15.2 Å². The molecule has 2 N–H and O–H groups in total. The van der Waals surface area contributed by atoms with Gasteiger partial charge in [-0.05, 0) is 55.9 Å². The Morgan fingerprint density at radius 3 is 2.38 bits per heavy atom. The van der Waals surface area contributed by atoms with Crippen molar-refractivity contribution in [2.75, 3.05) is 26.7 Å². The summed E-state index contributed by atoms with van der Waals surface area (Å²) < 4.78 is 10.9. The van der Waals surface area contributed by atoms with E-state index in [0.29, 0.717) is 17.1 Å². The molecule has 0 saturated carbocycles. The van der Waals surface area contributed by atoms with Crippen molar-refractivity contribution in [2.45, 2.75) is 26.3 Å². The fourth-order valence-electron chi connectivity index (χ4n) is 2.76. The smallest absolute Gasteiger partial charge is 0.343 e. The van der Waals surface area contributed by atoms with E-state index in [4.69, 9.17) is 15.2 Å². The molecule has 5 heteroatoms. The maximum Gasteiger partial charge on any atom is 0.343 e. The lowest BCUT2D eigenvalue weighted by molar-refractivity contribution is 0.0729. The molecule has 0 aliphatic rings. The largest absolute Gasteiger partial charge is 0.493 e. The van der Waals surface area contributed by atoms with Gasteiger partial charge >= 0.3 is 5.97 Å². The molecule has 2 rings (SSSR count). The minimum Gasteiger partial charge on any atom is -0.493 e. The molecule has 5 nitrogen and oxygen atoms in total. The summed E-state index contributed by atoms with van der Waals surface area (Å²) in [5, 5.41) is 0. The van der Waals surface area contributed by atoms with Crippen molar-refractivity contribution >= 4 is 5.97 Å². The molecule has 0 aliphatic carbocycles. The van der Waals surface area contributed by atoms with Gasteiger partial charge in [0.15, 0.2) is 11.5 Å². The van der Waals surface area contributed by atoms with Crippen LogP contribution in [0.1, 0.15) is 42.2 Å². The Balaban J connectivity index is 2.08. The zero-order chi connectivity index (χ0) is 18.9. The van der Waals surface area contributed by atoms with E-state index in [1.807, 2.05) is 18.2 Å². The van der Waals surface area contributed by atoms with Crippen LogP contribution in [0.25, 0.3) is 0 Å². The molecule has 0 bridgehead atoms. The van der Waals surface area contributed by atoms with E-state index in [0.717, 1.165) is 31.6 Å². The average molecular weight is 356 g/mol. The summed E-state index contributed by atoms with van der Waals surface area (Å²) in [7, 11) is 1.56. The van der Waals surface area contributed by atoms with Crippen molar-refractivity contribution in [3.8, 4) is 11.5 Å². The lowest BCUT2D eigenvalue weighted by atomic mass is 10.0. The van der Waals surface area contributed by atoms with Crippen LogP contribution in [0.4, 0.5) is 0 Å². The number of methoxy groups -OCH3 is 1. The van der Waals surface area contributed by atoms with Crippen LogP contribution in [0.5, 0.6) is 11.5 Å². The second-order valence-electron chi connectivity index (χ2n) is 6.09. The van der Waals surface area contributed by atoms with Crippen LogP contribution in [-0.2, 0) is 0 Å². The molecule has 1 atom stereocenters. The number of carbonyl (C=O) groups excluding carboxylic acids is 1. The van der Waals surface area contributed by atoms with Gasteiger partial charge in [0.2, 0.25) is 0 Å². The van der Waals surface area contributed by atoms with Gasteiger partial charge in [-0.15, -0.1) is 0 Å². The number of nitrogens with zero attached hydrogens (tertiary/aromatic N) is 1. The van der Waals surface area contributed by atoms with E-state index in [1.54, 1.807) is 37.4 Å². The third-order valence-corrected chi connectivity index (χ3v) is 4.48. The zero-order valence-corrected chi connectivity index (χ0v) is 15.8. The van der Waals surface area contributed by atoms with Gasteiger partial charge in [-0.2, -0.15) is 0 Å². The third-order valence-electron chi connectivity index (χ3n) is 4.48. The highest BCUT2D eigenvalue weighted by Gasteiger charge is 2.15. The first-order valence-corrected chi connectivity index (χ1v) is 9.02. The molecular weight excluding hydrogens is 328 g/mol. The van der Waals surface area contributed by atoms with Gasteiger partial charge in [0.25, 0.3) is 0 Å². The predicted molar refractivity (Wildman–Crippen MR) is 104 cm³/mol. The van der Waals surface area contributed by atoms with E-state index in [-0.39, 0.29) is 6.04 Å². The molecule has 0 aliphatic heterocycles. The number of hydrogen-bond acceptors (Lipinski definition) is 5. The fourth-order valence-corrected chi connectivity index (χ4v) is 2.76. The Morgan fingerprint density at radius 2 is 1.77 bits per heavy atom. The normalized spacial score (nSPS) is 12.0. The molecule has 0 aromatic heterocycles. The highest BCUT2D eigenvalue weighted by molar-refractivity contribution is 5.91. The van der Waals surface area contributed by atoms with Crippen molar-refractivity contribution in [1.29, 1.82) is 0 Å². The molecule has 140 valence electrons. The maximum atomic E-state index is 12.2. The molecule has 0 heterocycles. The number of nitrogens with two attached hydrogens (primary N) is 1. The van der Waals surface area contributed by atoms with Crippen molar-refractivity contribution in [2.24, 2.45) is 5.73 Å². The molecule has 1 unspecified atom stereocenters. The Bertz CT molecular complexity index is 700. The van der Waals surface area contributed by atoms with Gasteiger partial charge < -0.3 is 20.1 Å². The standard InChI is InChI=1S/C21H28N2O3/c1-4-23(5-2)14-13-18(22)17-11-12-19(20(15-17)25-3)26-21(24)16-9-7-6-8-10-16/h6-12,15,18H,4-5,13-14,22H2,1-3H3. The van der Waals surface area contributed by atoms with E-state index < -0.39 is 5.97 Å². The van der Waals surface area contributed by atoms with Crippen LogP contribution in [0.2, 0.25) is 0 Å². The first-order valence-electron chi connectivity index (χ1n) is 9.02. The summed E-state index contributed by atoms with van der Waals surface area (Å²) >= 11 is 0. The van der Waals surface area contributed by atoms with Crippen LogP contribution in [0.3, 0.4) is 0 Å². The molecule has 0 amide bonds. The van der Waals surface area contributed by atoms with E-state index in [1.165, 1.54) is 0 Å². The Hall–Kier alpha value is -2.37. The number of hydrogen-bond donors (Lipinski definition) is 1. The highest BCUT2D eigenvalue weighted by Crippen LogP contribution is 2.31. The lowest BCUT2D eigenvalue weighted by Gasteiger charge is -2.21. The van der Waals surface area contributed by atoms with Crippen LogP contribution >= 0.6 is 0 Å². The van der Waals surface area contributed by atoms with Crippen molar-refractivity contribution < 1.29 is 14.3 Å². The van der Waals surface area contributed by atoms with Crippen molar-refractivity contribution in [3.05, 3.63) is 59.7 Å². The van der Waals surface area contributed by atoms with Gasteiger partial charge in [0.1, 0.15) is 0 Å². The van der Waals surface area contributed by atoms with Crippen LogP contribution in [-0.4, -0.2) is 37.6 Å². The highest BCUT2D eigenvalue weighted by atomic mass is 16.6. The van der Waals surface area contributed by atoms with Gasteiger partial charge in [-0.1, -0.05) is 38.1 Å². The van der Waals surface area contributed by atoms with Gasteiger partial charge in [-0.3, -0.25) is 0 Å². The van der Waals surface area contributed by atoms with Crippen LogP contribution in [0, 0.1) is 0 Å². The summed E-state index contributed by atoms with van der Waals surface area (Å²) in [4.78, 5) is 14.6. The summed E-state index contributed by atoms with van der Waals surface area (Å²) in [6.07, 6.45) is 0.855. The van der Waals surface area contributed by atoms with Crippen molar-refractivity contribution in [1.82, 2.24) is 4.90 Å². The molecule has 0 spiro atoms. The van der Waals surface area contributed by atoms with Gasteiger partial charge in [-0.25, -0.2) is 4.79 Å². The monoisotopic (exact) mass is 356 g/mol. The molecule has 26 heavy (non-hydrogen) atoms. The predicted octanol–water partition coefficient (Wildman–Crippen LogP) is 3.65. The second kappa shape index (κ2) is 9.94. The van der Waals surface area contributed by atoms with Gasteiger partial charge in [0, 0.05) is 6.04 Å². The lowest BCUT2D eigenvalue weighted by Crippen LogP contribution is -2.27. The number of carbonyl (C=O) groups is 1. The summed E-state index contributed by atoms with van der Waals surface area (Å²) in [5.74, 6) is 0.480. The fraction of sp³-hybridized carbons (Fsp3) is 0.381. The number of rotatable bonds is 9. The Labute approximate surface area is 155 Å². The van der Waals surface area contributed by atoms with E-state index in [9.17, 15) is 4.79 Å². The van der Waals surface area contributed by atoms with Gasteiger partial charge in [0.05, 0.1) is 12.7 Å². The zero-order valence-electron chi connectivity index (χ0n) is 15.8. The second-order valence-corrected chi connectivity index (χ2v) is 6.09. The quantitative estimate of drug-likeness (QED) is 0.549. The summed E-state index contributed by atoms with van der Waals surface area (Å²) in [6, 6.07) is 14.3. The minimum atomic E-state index is -0.414. The molecular formula is C21H28N2O3. The van der Waals surface area contributed by atoms with Crippen molar-refractivity contribution in [3.63, 3.8) is 0 Å². The number of esters is 1. The topological polar surface area (TPSA) is 64.8 Å². The summed E-state index contributed by atoms with van der Waals surface area (Å²) in [5.41, 5.74) is 7.79. The average Bonchev–Trinajstić information content (AvgIpc) is 2.69. The SMILES string of the molecule is CCN(CC)CCC(N)c1ccc(OC(=O)c2ccccc2)c(OC)c1. The Kier molecular flexibility index (Phi) is 7.63. The molecule has 0 fully saturated rings. The molecule has 0 radical (unpaired) electrons. The van der Waals surface area contributed by atoms with Crippen LogP contribution in [0.15, 0.2) is 48.5 Å². The number of benzene rings is 2. The molecule has 0 saturated heterocycles. The summed E-state index contributed by atoms with van der Waals surface area (Å²) in [6.45, 7) is 7.27. The molecule has 2 aromatic carbocycles. The Morgan fingerprint density at radius 1 is 1.08 bits per heavy atom. The third kappa shape index (κ3) is 5.31. The first-order chi connectivity index (χ1) is 12.6. The number of ether oxygens (including phenoxy) is 2. The molecule has 2 aromatic rings. The van der Waals surface area contributed by atoms with E-state index >= 15 is 0 Å². The maximum absolute atomic E-state index is 12.2.